The minimum absolute atomic E-state index is 0.117. The van der Waals surface area contributed by atoms with Crippen molar-refractivity contribution in [2.45, 2.75) is 39.5 Å². The van der Waals surface area contributed by atoms with Gasteiger partial charge >= 0.3 is 5.69 Å². The molecule has 0 radical (unpaired) electrons. The molecule has 1 heterocycles. The molecular weight excluding hydrogens is 224 g/mol. The van der Waals surface area contributed by atoms with E-state index in [4.69, 9.17) is 9.84 Å². The highest BCUT2D eigenvalue weighted by Gasteiger charge is 2.15. The minimum atomic E-state index is -0.502. The molecule has 0 saturated carbocycles. The summed E-state index contributed by atoms with van der Waals surface area (Å²) in [5.74, 6) is 0. The zero-order valence-corrected chi connectivity index (χ0v) is 10.3. The second kappa shape index (κ2) is 5.79. The molecular formula is C11H18N2O4. The van der Waals surface area contributed by atoms with E-state index in [1.165, 1.54) is 10.8 Å². The average molecular weight is 242 g/mol. The summed E-state index contributed by atoms with van der Waals surface area (Å²) in [4.78, 5) is 25.1. The lowest BCUT2D eigenvalue weighted by Gasteiger charge is -2.22. The van der Waals surface area contributed by atoms with Gasteiger partial charge in [0.2, 0.25) is 0 Å². The first kappa shape index (κ1) is 13.7. The van der Waals surface area contributed by atoms with E-state index in [1.54, 1.807) is 13.8 Å². The molecule has 6 heteroatoms. The molecule has 1 rings (SSSR count). The zero-order chi connectivity index (χ0) is 13.0. The predicted octanol–water partition coefficient (Wildman–Crippen LogP) is 0.151. The molecule has 17 heavy (non-hydrogen) atoms. The Morgan fingerprint density at radius 2 is 2.18 bits per heavy atom. The van der Waals surface area contributed by atoms with Gasteiger partial charge in [0.25, 0.3) is 5.56 Å². The number of aromatic amines is 1. The van der Waals surface area contributed by atoms with E-state index >= 15 is 0 Å². The Labute approximate surface area is 98.9 Å². The van der Waals surface area contributed by atoms with Crippen molar-refractivity contribution in [3.05, 3.63) is 32.6 Å². The average Bonchev–Trinajstić information content (AvgIpc) is 2.30. The second-order valence-corrected chi connectivity index (χ2v) is 3.97. The van der Waals surface area contributed by atoms with Gasteiger partial charge in [-0.3, -0.25) is 14.3 Å². The normalized spacial score (nSPS) is 14.6. The molecule has 1 aromatic heterocycles. The molecule has 0 aliphatic rings. The summed E-state index contributed by atoms with van der Waals surface area (Å²) in [7, 11) is 0. The zero-order valence-electron chi connectivity index (χ0n) is 10.3. The number of ether oxygens (including phenoxy) is 1. The third kappa shape index (κ3) is 3.28. The summed E-state index contributed by atoms with van der Waals surface area (Å²) >= 11 is 0. The fourth-order valence-electron chi connectivity index (χ4n) is 1.47. The number of aromatic nitrogens is 2. The highest BCUT2D eigenvalue weighted by molar-refractivity contribution is 5.01. The topological polar surface area (TPSA) is 84.3 Å². The number of rotatable bonds is 5. The molecule has 0 saturated heterocycles. The Morgan fingerprint density at radius 3 is 2.71 bits per heavy atom. The van der Waals surface area contributed by atoms with Crippen molar-refractivity contribution in [2.75, 3.05) is 6.61 Å². The summed E-state index contributed by atoms with van der Waals surface area (Å²) < 4.78 is 6.84. The molecule has 0 fully saturated rings. The number of hydrogen-bond donors (Lipinski definition) is 2. The number of H-pyrrole nitrogens is 1. The van der Waals surface area contributed by atoms with Crippen molar-refractivity contribution in [3.63, 3.8) is 0 Å². The van der Waals surface area contributed by atoms with Gasteiger partial charge in [-0.05, 0) is 20.3 Å². The van der Waals surface area contributed by atoms with Gasteiger partial charge in [-0.2, -0.15) is 0 Å². The maximum Gasteiger partial charge on any atom is 0.330 e. The number of aliphatic hydroxyl groups excluding tert-OH is 1. The third-order valence-electron chi connectivity index (χ3n) is 2.45. The number of nitrogens with zero attached hydrogens (tertiary/aromatic N) is 1. The SMILES string of the molecule is CC[C@@H](O[C@@H](C)CO)n1cc(C)c(=O)[nH]c1=O. The van der Waals surface area contributed by atoms with Gasteiger partial charge in [0.15, 0.2) is 0 Å². The van der Waals surface area contributed by atoms with Crippen LogP contribution < -0.4 is 11.2 Å². The second-order valence-electron chi connectivity index (χ2n) is 3.97. The van der Waals surface area contributed by atoms with Gasteiger partial charge in [-0.25, -0.2) is 4.79 Å². The Bertz CT molecular complexity index is 477. The van der Waals surface area contributed by atoms with Crippen molar-refractivity contribution < 1.29 is 9.84 Å². The van der Waals surface area contributed by atoms with Crippen LogP contribution in [0.4, 0.5) is 0 Å². The molecule has 2 N–H and O–H groups in total. The quantitative estimate of drug-likeness (QED) is 0.769. The van der Waals surface area contributed by atoms with Gasteiger partial charge in [-0.1, -0.05) is 6.92 Å². The highest BCUT2D eigenvalue weighted by Crippen LogP contribution is 2.12. The Kier molecular flexibility index (Phi) is 4.65. The van der Waals surface area contributed by atoms with Crippen molar-refractivity contribution in [2.24, 2.45) is 0 Å². The van der Waals surface area contributed by atoms with Gasteiger partial charge in [0, 0.05) is 11.8 Å². The van der Waals surface area contributed by atoms with Gasteiger partial charge in [0.05, 0.1) is 12.7 Å². The van der Waals surface area contributed by atoms with Crippen molar-refractivity contribution >= 4 is 0 Å². The molecule has 6 nitrogen and oxygen atoms in total. The van der Waals surface area contributed by atoms with Crippen LogP contribution in [0.5, 0.6) is 0 Å². The van der Waals surface area contributed by atoms with Gasteiger partial charge in [-0.15, -0.1) is 0 Å². The van der Waals surface area contributed by atoms with E-state index in [0.29, 0.717) is 12.0 Å². The maximum atomic E-state index is 11.6. The molecule has 96 valence electrons. The molecule has 0 spiro atoms. The van der Waals surface area contributed by atoms with E-state index < -0.39 is 17.5 Å². The monoisotopic (exact) mass is 242 g/mol. The van der Waals surface area contributed by atoms with Crippen LogP contribution in [0.2, 0.25) is 0 Å². The van der Waals surface area contributed by atoms with E-state index in [2.05, 4.69) is 4.98 Å². The van der Waals surface area contributed by atoms with Crippen molar-refractivity contribution in [1.82, 2.24) is 9.55 Å². The lowest BCUT2D eigenvalue weighted by molar-refractivity contribution is -0.0697. The molecule has 1 aromatic rings. The van der Waals surface area contributed by atoms with Crippen LogP contribution >= 0.6 is 0 Å². The van der Waals surface area contributed by atoms with Crippen LogP contribution in [0, 0.1) is 6.92 Å². The van der Waals surface area contributed by atoms with E-state index in [1.807, 2.05) is 6.92 Å². The Balaban J connectivity index is 3.08. The van der Waals surface area contributed by atoms with Crippen LogP contribution in [0.1, 0.15) is 32.1 Å². The van der Waals surface area contributed by atoms with E-state index in [9.17, 15) is 9.59 Å². The number of hydrogen-bond acceptors (Lipinski definition) is 4. The maximum absolute atomic E-state index is 11.6. The molecule has 0 bridgehead atoms. The first-order valence-corrected chi connectivity index (χ1v) is 5.58. The first-order valence-electron chi connectivity index (χ1n) is 5.58. The molecule has 2 atom stereocenters. The Morgan fingerprint density at radius 1 is 1.53 bits per heavy atom. The standard InChI is InChI=1S/C11H18N2O4/c1-4-9(17-8(3)6-14)13-5-7(2)10(15)12-11(13)16/h5,8-9,14H,4,6H2,1-3H3,(H,12,15,16)/t8-,9+/m0/s1. The van der Waals surface area contributed by atoms with Crippen molar-refractivity contribution in [1.29, 1.82) is 0 Å². The predicted molar refractivity (Wildman–Crippen MR) is 63.0 cm³/mol. The number of aryl methyl sites for hydroxylation is 1. The smallest absolute Gasteiger partial charge is 0.330 e. The summed E-state index contributed by atoms with van der Waals surface area (Å²) in [6, 6.07) is 0. The fraction of sp³-hybridized carbons (Fsp3) is 0.636. The summed E-state index contributed by atoms with van der Waals surface area (Å²) in [6.07, 6.45) is 1.19. The summed E-state index contributed by atoms with van der Waals surface area (Å²) in [5, 5.41) is 8.92. The molecule has 0 amide bonds. The molecule has 0 aliphatic carbocycles. The van der Waals surface area contributed by atoms with Crippen LogP contribution in [0.3, 0.4) is 0 Å². The number of aliphatic hydroxyl groups is 1. The van der Waals surface area contributed by atoms with Crippen LogP contribution in [0.25, 0.3) is 0 Å². The van der Waals surface area contributed by atoms with Gasteiger partial charge < -0.3 is 9.84 Å². The van der Waals surface area contributed by atoms with Crippen LogP contribution in [-0.4, -0.2) is 27.4 Å². The molecule has 0 unspecified atom stereocenters. The summed E-state index contributed by atoms with van der Waals surface area (Å²) in [6.45, 7) is 5.08. The molecule has 0 aliphatic heterocycles. The lowest BCUT2D eigenvalue weighted by atomic mass is 10.3. The van der Waals surface area contributed by atoms with E-state index in [0.717, 1.165) is 0 Å². The first-order chi connectivity index (χ1) is 7.99. The fourth-order valence-corrected chi connectivity index (χ4v) is 1.47. The number of nitrogens with one attached hydrogen (secondary N) is 1. The van der Waals surface area contributed by atoms with Crippen LogP contribution in [-0.2, 0) is 4.74 Å². The Hall–Kier alpha value is -1.40. The third-order valence-corrected chi connectivity index (χ3v) is 2.45. The van der Waals surface area contributed by atoms with Crippen LogP contribution in [0.15, 0.2) is 15.8 Å². The van der Waals surface area contributed by atoms with E-state index in [-0.39, 0.29) is 12.7 Å². The summed E-state index contributed by atoms with van der Waals surface area (Å²) in [5.41, 5.74) is -0.447. The minimum Gasteiger partial charge on any atom is -0.394 e. The van der Waals surface area contributed by atoms with Crippen molar-refractivity contribution in [3.8, 4) is 0 Å². The highest BCUT2D eigenvalue weighted by atomic mass is 16.5. The molecule has 0 aromatic carbocycles. The van der Waals surface area contributed by atoms with Gasteiger partial charge in [0.1, 0.15) is 6.23 Å². The largest absolute Gasteiger partial charge is 0.394 e. The lowest BCUT2D eigenvalue weighted by Crippen LogP contribution is -2.35.